The number of nitrogens with zero attached hydrogens (tertiary/aromatic N) is 2. The lowest BCUT2D eigenvalue weighted by molar-refractivity contribution is 0.101. The predicted octanol–water partition coefficient (Wildman–Crippen LogP) is 4.80. The molecular weight excluding hydrogens is 475 g/mol. The van der Waals surface area contributed by atoms with Crippen LogP contribution in [-0.2, 0) is 6.54 Å². The highest BCUT2D eigenvalue weighted by atomic mass is 19.1. The van der Waals surface area contributed by atoms with Gasteiger partial charge in [0.2, 0.25) is 5.78 Å². The van der Waals surface area contributed by atoms with Crippen LogP contribution in [-0.4, -0.2) is 56.2 Å². The first-order valence-electron chi connectivity index (χ1n) is 12.1. The molecule has 0 bridgehead atoms. The van der Waals surface area contributed by atoms with Gasteiger partial charge in [-0.05, 0) is 42.8 Å². The summed E-state index contributed by atoms with van der Waals surface area (Å²) in [4.78, 5) is 17.6. The van der Waals surface area contributed by atoms with Crippen molar-refractivity contribution in [2.75, 3.05) is 45.3 Å². The number of Topliss-reactive ketones (excluding diaryl/α,β-unsaturated/α-hetero) is 1. The predicted molar refractivity (Wildman–Crippen MR) is 139 cm³/mol. The Bertz CT molecular complexity index is 1380. The van der Waals surface area contributed by atoms with Crippen molar-refractivity contribution in [2.24, 2.45) is 0 Å². The minimum Gasteiger partial charge on any atom is -0.507 e. The lowest BCUT2D eigenvalue weighted by atomic mass is 9.99. The van der Waals surface area contributed by atoms with E-state index in [0.29, 0.717) is 77.9 Å². The van der Waals surface area contributed by atoms with E-state index in [1.165, 1.54) is 13.2 Å². The summed E-state index contributed by atoms with van der Waals surface area (Å²) in [5.74, 6) is 1.18. The third-order valence-electron chi connectivity index (χ3n) is 6.89. The Morgan fingerprint density at radius 1 is 1.05 bits per heavy atom. The van der Waals surface area contributed by atoms with Crippen LogP contribution in [0.5, 0.6) is 23.0 Å². The molecule has 0 aliphatic carbocycles. The molecule has 0 aromatic heterocycles. The normalized spacial score (nSPS) is 16.6. The number of hydrogen-bond donors (Lipinski definition) is 1. The Hall–Kier alpha value is -4.04. The van der Waals surface area contributed by atoms with E-state index < -0.39 is 0 Å². The molecule has 3 aromatic rings. The number of halogens is 1. The van der Waals surface area contributed by atoms with E-state index in [0.717, 1.165) is 0 Å². The largest absolute Gasteiger partial charge is 0.507 e. The quantitative estimate of drug-likeness (QED) is 0.484. The second-order valence-electron chi connectivity index (χ2n) is 9.13. The van der Waals surface area contributed by atoms with Gasteiger partial charge in [-0.2, -0.15) is 0 Å². The number of phenols is 1. The average Bonchev–Trinajstić information content (AvgIpc) is 3.23. The molecule has 1 fully saturated rings. The number of aromatic hydroxyl groups is 1. The van der Waals surface area contributed by atoms with Crippen molar-refractivity contribution in [1.82, 2.24) is 4.90 Å². The van der Waals surface area contributed by atoms with E-state index in [4.69, 9.17) is 14.2 Å². The SMILES string of the molecule is COc1cccc(C=C2Oc3c(CN4CCN(c5ccccc5F)CC4)c(O)cc(C)c3C2=O)c1OC. The number of fused-ring (bicyclic) bond motifs is 1. The number of hydrogen-bond acceptors (Lipinski definition) is 7. The number of phenolic OH excluding ortho intramolecular Hbond substituents is 1. The van der Waals surface area contributed by atoms with E-state index in [1.54, 1.807) is 44.4 Å². The number of ketones is 1. The maximum atomic E-state index is 14.2. The number of methoxy groups -OCH3 is 2. The van der Waals surface area contributed by atoms with Gasteiger partial charge in [-0.1, -0.05) is 24.3 Å². The van der Waals surface area contributed by atoms with Crippen LogP contribution < -0.4 is 19.1 Å². The van der Waals surface area contributed by atoms with Crippen LogP contribution in [0.3, 0.4) is 0 Å². The summed E-state index contributed by atoms with van der Waals surface area (Å²) in [7, 11) is 3.09. The molecule has 2 aliphatic heterocycles. The number of para-hydroxylation sites is 2. The van der Waals surface area contributed by atoms with Crippen molar-refractivity contribution in [1.29, 1.82) is 0 Å². The number of allylic oxidation sites excluding steroid dienone is 1. The first-order chi connectivity index (χ1) is 17.9. The fraction of sp³-hybridized carbons (Fsp3) is 0.276. The summed E-state index contributed by atoms with van der Waals surface area (Å²) < 4.78 is 31.2. The highest BCUT2D eigenvalue weighted by Crippen LogP contribution is 2.43. The first kappa shape index (κ1) is 24.6. The van der Waals surface area contributed by atoms with E-state index in [2.05, 4.69) is 4.90 Å². The van der Waals surface area contributed by atoms with Gasteiger partial charge in [-0.15, -0.1) is 0 Å². The van der Waals surface area contributed by atoms with Gasteiger partial charge in [0.05, 0.1) is 31.0 Å². The highest BCUT2D eigenvalue weighted by molar-refractivity contribution is 6.16. The molecule has 0 atom stereocenters. The van der Waals surface area contributed by atoms with Crippen molar-refractivity contribution in [2.45, 2.75) is 13.5 Å². The zero-order chi connectivity index (χ0) is 26.1. The van der Waals surface area contributed by atoms with Crippen molar-refractivity contribution in [3.05, 3.63) is 82.4 Å². The number of benzene rings is 3. The molecule has 0 spiro atoms. The van der Waals surface area contributed by atoms with Crippen molar-refractivity contribution in [3.63, 3.8) is 0 Å². The third kappa shape index (κ3) is 4.60. The van der Waals surface area contributed by atoms with Crippen molar-refractivity contribution >= 4 is 17.5 Å². The molecule has 0 amide bonds. The Balaban J connectivity index is 1.39. The van der Waals surface area contributed by atoms with Gasteiger partial charge in [-0.3, -0.25) is 9.69 Å². The number of carbonyl (C=O) groups excluding carboxylic acids is 1. The van der Waals surface area contributed by atoms with Gasteiger partial charge >= 0.3 is 0 Å². The van der Waals surface area contributed by atoms with Crippen LogP contribution in [0.15, 0.2) is 54.3 Å². The maximum Gasteiger partial charge on any atom is 0.232 e. The Kier molecular flexibility index (Phi) is 6.76. The summed E-state index contributed by atoms with van der Waals surface area (Å²) in [5, 5.41) is 10.8. The summed E-state index contributed by atoms with van der Waals surface area (Å²) in [5.41, 5.74) is 2.90. The molecule has 1 N–H and O–H groups in total. The number of aryl methyl sites for hydroxylation is 1. The minimum absolute atomic E-state index is 0.0841. The number of anilines is 1. The number of rotatable bonds is 6. The Labute approximate surface area is 215 Å². The van der Waals surface area contributed by atoms with E-state index in [1.807, 2.05) is 23.1 Å². The van der Waals surface area contributed by atoms with Crippen molar-refractivity contribution in [3.8, 4) is 23.0 Å². The molecule has 2 heterocycles. The topological polar surface area (TPSA) is 71.5 Å². The maximum absolute atomic E-state index is 14.2. The minimum atomic E-state index is -0.247. The van der Waals surface area contributed by atoms with Crippen LogP contribution in [0.4, 0.5) is 10.1 Å². The summed E-state index contributed by atoms with van der Waals surface area (Å²) >= 11 is 0. The van der Waals surface area contributed by atoms with E-state index >= 15 is 0 Å². The van der Waals surface area contributed by atoms with Gasteiger partial charge < -0.3 is 24.2 Å². The van der Waals surface area contributed by atoms with E-state index in [9.17, 15) is 14.3 Å². The van der Waals surface area contributed by atoms with Crippen molar-refractivity contribution < 1.29 is 28.5 Å². The molecule has 37 heavy (non-hydrogen) atoms. The molecule has 5 rings (SSSR count). The second-order valence-corrected chi connectivity index (χ2v) is 9.13. The first-order valence-corrected chi connectivity index (χ1v) is 12.1. The Morgan fingerprint density at radius 3 is 2.51 bits per heavy atom. The van der Waals surface area contributed by atoms with Crippen LogP contribution in [0.25, 0.3) is 6.08 Å². The molecule has 1 saturated heterocycles. The lowest BCUT2D eigenvalue weighted by Gasteiger charge is -2.36. The van der Waals surface area contributed by atoms with Gasteiger partial charge in [-0.25, -0.2) is 4.39 Å². The lowest BCUT2D eigenvalue weighted by Crippen LogP contribution is -2.46. The fourth-order valence-electron chi connectivity index (χ4n) is 4.98. The number of ether oxygens (including phenoxy) is 3. The zero-order valence-electron chi connectivity index (χ0n) is 21.1. The average molecular weight is 505 g/mol. The fourth-order valence-corrected chi connectivity index (χ4v) is 4.98. The molecule has 192 valence electrons. The van der Waals surface area contributed by atoms with Gasteiger partial charge in [0.15, 0.2) is 17.3 Å². The summed E-state index contributed by atoms with van der Waals surface area (Å²) in [6, 6.07) is 13.8. The van der Waals surface area contributed by atoms with Gasteiger partial charge in [0.1, 0.15) is 17.3 Å². The molecule has 7 nitrogen and oxygen atoms in total. The zero-order valence-corrected chi connectivity index (χ0v) is 21.1. The van der Waals surface area contributed by atoms with Crippen LogP contribution in [0.1, 0.15) is 27.0 Å². The molecule has 3 aromatic carbocycles. The highest BCUT2D eigenvalue weighted by Gasteiger charge is 2.34. The van der Waals surface area contributed by atoms with Gasteiger partial charge in [0, 0.05) is 38.3 Å². The molecule has 0 radical (unpaired) electrons. The van der Waals surface area contributed by atoms with Gasteiger partial charge in [0.25, 0.3) is 0 Å². The monoisotopic (exact) mass is 504 g/mol. The molecule has 8 heteroatoms. The smallest absolute Gasteiger partial charge is 0.232 e. The van der Waals surface area contributed by atoms with Crippen LogP contribution in [0, 0.1) is 12.7 Å². The number of piperazine rings is 1. The molecule has 0 unspecified atom stereocenters. The van der Waals surface area contributed by atoms with Crippen LogP contribution in [0.2, 0.25) is 0 Å². The Morgan fingerprint density at radius 2 is 1.81 bits per heavy atom. The summed E-state index contributed by atoms with van der Waals surface area (Å²) in [6.45, 7) is 4.84. The second kappa shape index (κ2) is 10.1. The summed E-state index contributed by atoms with van der Waals surface area (Å²) in [6.07, 6.45) is 1.64. The molecular formula is C29H29FN2O5. The molecule has 0 saturated carbocycles. The number of carbonyl (C=O) groups is 1. The standard InChI is InChI=1S/C29H29FN2O5/c1-18-15-23(33)20(17-31-11-13-32(14-12-31)22-9-5-4-8-21(22)30)29-26(18)27(34)25(37-29)16-19-7-6-10-24(35-2)28(19)36-3/h4-10,15-16,33H,11-14,17H2,1-3H3. The van der Waals surface area contributed by atoms with Crippen LogP contribution >= 0.6 is 0 Å². The van der Waals surface area contributed by atoms with E-state index in [-0.39, 0.29) is 23.1 Å². The molecule has 2 aliphatic rings. The third-order valence-corrected chi connectivity index (χ3v) is 6.89.